The van der Waals surface area contributed by atoms with Crippen LogP contribution in [0.25, 0.3) is 5.65 Å². The van der Waals surface area contributed by atoms with Gasteiger partial charge >= 0.3 is 0 Å². The van der Waals surface area contributed by atoms with Crippen LogP contribution in [0.2, 0.25) is 0 Å². The number of nitrogens with zero attached hydrogens (tertiary/aromatic N) is 4. The SMILES string of the molecule is Cn1ccn2ncc(C(=O)N3[C@@H]4CC[C@H]3[C@](CO)(Cc3ccccc3)C4)c12. The molecule has 2 bridgehead atoms. The molecular formula is C21H24N4O2. The molecule has 5 rings (SSSR count). The number of aromatic nitrogens is 3. The summed E-state index contributed by atoms with van der Waals surface area (Å²) in [5.41, 5.74) is 2.44. The van der Waals surface area contributed by atoms with Gasteiger partial charge in [-0.05, 0) is 31.2 Å². The molecule has 0 spiro atoms. The lowest BCUT2D eigenvalue weighted by atomic mass is 9.70. The van der Waals surface area contributed by atoms with Crippen molar-refractivity contribution in [1.29, 1.82) is 0 Å². The van der Waals surface area contributed by atoms with E-state index in [1.165, 1.54) is 5.56 Å². The number of aliphatic hydroxyl groups excluding tert-OH is 1. The lowest BCUT2D eigenvalue weighted by Crippen LogP contribution is -2.44. The standard InChI is InChI=1S/C21H24N4O2/c1-23-9-10-24-19(23)17(13-22-24)20(27)25-16-7-8-18(25)21(12-16,14-26)11-15-5-3-2-4-6-15/h2-6,9-10,13,16,18,26H,7-8,11-12,14H2,1H3/t16-,18+,21-/m1/s1. The molecule has 2 saturated heterocycles. The third-order valence-electron chi connectivity index (χ3n) is 6.57. The van der Waals surface area contributed by atoms with Gasteiger partial charge in [-0.3, -0.25) is 4.79 Å². The Labute approximate surface area is 158 Å². The normalized spacial score (nSPS) is 27.0. The highest BCUT2D eigenvalue weighted by Gasteiger charge is 2.57. The van der Waals surface area contributed by atoms with Crippen LogP contribution in [-0.2, 0) is 13.5 Å². The van der Waals surface area contributed by atoms with Gasteiger partial charge < -0.3 is 14.6 Å². The van der Waals surface area contributed by atoms with Crippen LogP contribution in [0, 0.1) is 5.41 Å². The topological polar surface area (TPSA) is 62.8 Å². The van der Waals surface area contributed by atoms with E-state index in [0.717, 1.165) is 31.3 Å². The minimum atomic E-state index is -0.250. The van der Waals surface area contributed by atoms with E-state index in [1.54, 1.807) is 10.7 Å². The van der Waals surface area contributed by atoms with Crippen molar-refractivity contribution < 1.29 is 9.90 Å². The Bertz CT molecular complexity index is 992. The van der Waals surface area contributed by atoms with Gasteiger partial charge in [0.15, 0.2) is 0 Å². The smallest absolute Gasteiger partial charge is 0.259 e. The maximum absolute atomic E-state index is 13.5. The molecule has 3 atom stereocenters. The molecule has 2 aromatic heterocycles. The predicted octanol–water partition coefficient (Wildman–Crippen LogP) is 2.27. The van der Waals surface area contributed by atoms with Crippen LogP contribution in [0.1, 0.15) is 35.2 Å². The molecule has 1 N–H and O–H groups in total. The molecule has 2 aliphatic heterocycles. The fraction of sp³-hybridized carbons (Fsp3) is 0.429. The van der Waals surface area contributed by atoms with E-state index < -0.39 is 0 Å². The summed E-state index contributed by atoms with van der Waals surface area (Å²) in [6.45, 7) is 0.112. The molecule has 2 fully saturated rings. The molecule has 4 heterocycles. The van der Waals surface area contributed by atoms with Gasteiger partial charge in [0.05, 0.1) is 12.8 Å². The summed E-state index contributed by atoms with van der Waals surface area (Å²) in [4.78, 5) is 15.5. The van der Waals surface area contributed by atoms with Crippen molar-refractivity contribution in [3.05, 3.63) is 60.0 Å². The Morgan fingerprint density at radius 1 is 1.26 bits per heavy atom. The van der Waals surface area contributed by atoms with Crippen LogP contribution in [0.4, 0.5) is 0 Å². The third-order valence-corrected chi connectivity index (χ3v) is 6.57. The minimum absolute atomic E-state index is 0.0442. The van der Waals surface area contributed by atoms with Crippen LogP contribution in [-0.4, -0.2) is 48.8 Å². The van der Waals surface area contributed by atoms with Gasteiger partial charge in [-0.25, -0.2) is 4.52 Å². The van der Waals surface area contributed by atoms with E-state index >= 15 is 0 Å². The quantitative estimate of drug-likeness (QED) is 0.772. The van der Waals surface area contributed by atoms with Crippen molar-refractivity contribution in [2.45, 2.75) is 37.8 Å². The summed E-state index contributed by atoms with van der Waals surface area (Å²) >= 11 is 0. The highest BCUT2D eigenvalue weighted by atomic mass is 16.3. The van der Waals surface area contributed by atoms with E-state index in [2.05, 4.69) is 17.2 Å². The molecule has 0 aliphatic carbocycles. The zero-order valence-corrected chi connectivity index (χ0v) is 15.5. The second-order valence-electron chi connectivity index (χ2n) is 8.08. The monoisotopic (exact) mass is 364 g/mol. The molecule has 2 aliphatic rings. The maximum atomic E-state index is 13.5. The summed E-state index contributed by atoms with van der Waals surface area (Å²) in [7, 11) is 1.93. The van der Waals surface area contributed by atoms with Crippen LogP contribution >= 0.6 is 0 Å². The number of imidazole rings is 1. The van der Waals surface area contributed by atoms with E-state index in [-0.39, 0.29) is 30.0 Å². The van der Waals surface area contributed by atoms with Crippen molar-refractivity contribution in [3.8, 4) is 0 Å². The van der Waals surface area contributed by atoms with Gasteiger partial charge in [0.1, 0.15) is 11.2 Å². The number of aliphatic hydroxyl groups is 1. The van der Waals surface area contributed by atoms with Crippen molar-refractivity contribution in [2.75, 3.05) is 6.61 Å². The molecule has 1 amide bonds. The zero-order valence-electron chi connectivity index (χ0n) is 15.5. The molecule has 0 unspecified atom stereocenters. The van der Waals surface area contributed by atoms with Gasteiger partial charge in [-0.2, -0.15) is 5.10 Å². The molecular weight excluding hydrogens is 340 g/mol. The summed E-state index contributed by atoms with van der Waals surface area (Å²) in [6.07, 6.45) is 9.09. The van der Waals surface area contributed by atoms with Crippen LogP contribution in [0.3, 0.4) is 0 Å². The first-order chi connectivity index (χ1) is 13.1. The van der Waals surface area contributed by atoms with E-state index in [0.29, 0.717) is 5.56 Å². The molecule has 6 nitrogen and oxygen atoms in total. The highest BCUT2D eigenvalue weighted by molar-refractivity contribution is 6.00. The van der Waals surface area contributed by atoms with Crippen LogP contribution in [0.15, 0.2) is 48.9 Å². The molecule has 0 saturated carbocycles. The van der Waals surface area contributed by atoms with Crippen molar-refractivity contribution in [1.82, 2.24) is 19.1 Å². The second-order valence-corrected chi connectivity index (χ2v) is 8.08. The molecule has 1 aromatic carbocycles. The number of carbonyl (C=O) groups excluding carboxylic acids is 1. The van der Waals surface area contributed by atoms with Crippen molar-refractivity contribution >= 4 is 11.6 Å². The molecule has 3 aromatic rings. The minimum Gasteiger partial charge on any atom is -0.396 e. The fourth-order valence-electron chi connectivity index (χ4n) is 5.36. The first kappa shape index (κ1) is 16.6. The number of benzene rings is 1. The predicted molar refractivity (Wildman–Crippen MR) is 101 cm³/mol. The summed E-state index contributed by atoms with van der Waals surface area (Å²) in [5.74, 6) is 0.0442. The first-order valence-electron chi connectivity index (χ1n) is 9.59. The molecule has 27 heavy (non-hydrogen) atoms. The average molecular weight is 364 g/mol. The van der Waals surface area contributed by atoms with Gasteiger partial charge in [0.25, 0.3) is 5.91 Å². The summed E-state index contributed by atoms with van der Waals surface area (Å²) in [5, 5.41) is 14.7. The zero-order chi connectivity index (χ0) is 18.6. The number of fused-ring (bicyclic) bond motifs is 3. The largest absolute Gasteiger partial charge is 0.396 e. The van der Waals surface area contributed by atoms with E-state index in [4.69, 9.17) is 0 Å². The summed E-state index contributed by atoms with van der Waals surface area (Å²) in [6, 6.07) is 10.6. The number of hydrogen-bond donors (Lipinski definition) is 1. The number of rotatable bonds is 4. The molecule has 0 radical (unpaired) electrons. The molecule has 6 heteroatoms. The Balaban J connectivity index is 1.49. The van der Waals surface area contributed by atoms with E-state index in [1.807, 2.05) is 47.1 Å². The number of carbonyl (C=O) groups is 1. The van der Waals surface area contributed by atoms with Crippen molar-refractivity contribution in [2.24, 2.45) is 12.5 Å². The Morgan fingerprint density at radius 3 is 2.85 bits per heavy atom. The van der Waals surface area contributed by atoms with Gasteiger partial charge in [-0.15, -0.1) is 0 Å². The van der Waals surface area contributed by atoms with Gasteiger partial charge in [0.2, 0.25) is 0 Å². The lowest BCUT2D eigenvalue weighted by molar-refractivity contribution is 0.0572. The Kier molecular flexibility index (Phi) is 3.65. The number of amides is 1. The number of aryl methyl sites for hydroxylation is 1. The Morgan fingerprint density at radius 2 is 2.07 bits per heavy atom. The lowest BCUT2D eigenvalue weighted by Gasteiger charge is -2.36. The van der Waals surface area contributed by atoms with Crippen LogP contribution in [0.5, 0.6) is 0 Å². The Hall–Kier alpha value is -2.60. The van der Waals surface area contributed by atoms with E-state index in [9.17, 15) is 9.90 Å². The van der Waals surface area contributed by atoms with Gasteiger partial charge in [-0.1, -0.05) is 30.3 Å². The summed E-state index contributed by atoms with van der Waals surface area (Å²) < 4.78 is 3.68. The average Bonchev–Trinajstić information content (AvgIpc) is 3.43. The highest BCUT2D eigenvalue weighted by Crippen LogP contribution is 2.51. The fourth-order valence-corrected chi connectivity index (χ4v) is 5.36. The maximum Gasteiger partial charge on any atom is 0.259 e. The third kappa shape index (κ3) is 2.36. The second kappa shape index (κ2) is 5.96. The number of hydrogen-bond acceptors (Lipinski definition) is 3. The first-order valence-corrected chi connectivity index (χ1v) is 9.59. The van der Waals surface area contributed by atoms with Crippen LogP contribution < -0.4 is 0 Å². The molecule has 140 valence electrons. The van der Waals surface area contributed by atoms with Crippen molar-refractivity contribution in [3.63, 3.8) is 0 Å². The van der Waals surface area contributed by atoms with Gasteiger partial charge in [0, 0.05) is 36.9 Å².